The van der Waals surface area contributed by atoms with Crippen LogP contribution in [0.5, 0.6) is 0 Å². The van der Waals surface area contributed by atoms with Gasteiger partial charge < -0.3 is 10.1 Å². The summed E-state index contributed by atoms with van der Waals surface area (Å²) in [5.74, 6) is -0.673. The van der Waals surface area contributed by atoms with Gasteiger partial charge in [0.1, 0.15) is 11.4 Å². The van der Waals surface area contributed by atoms with Crippen molar-refractivity contribution in [1.82, 2.24) is 9.97 Å². The number of aryl methyl sites for hydroxylation is 1. The van der Waals surface area contributed by atoms with E-state index in [4.69, 9.17) is 15.0 Å². The number of hydrogen-bond donors (Lipinski definition) is 1. The molecule has 0 aliphatic rings. The minimum atomic E-state index is -4.23. The van der Waals surface area contributed by atoms with Crippen molar-refractivity contribution in [2.75, 3.05) is 22.8 Å². The van der Waals surface area contributed by atoms with Crippen LogP contribution in [0.1, 0.15) is 23.7 Å². The minimum absolute atomic E-state index is 0.0100. The predicted molar refractivity (Wildman–Crippen MR) is 158 cm³/mol. The summed E-state index contributed by atoms with van der Waals surface area (Å²) in [6.07, 6.45) is 1.53. The second-order valence-corrected chi connectivity index (χ2v) is 11.2. The van der Waals surface area contributed by atoms with E-state index < -0.39 is 22.5 Å². The number of pyridine rings is 2. The normalized spacial score (nSPS) is 11.2. The predicted octanol–water partition coefficient (Wildman–Crippen LogP) is 5.33. The molecule has 0 unspecified atom stereocenters. The molecule has 206 valence electrons. The average molecular weight is 566 g/mol. The van der Waals surface area contributed by atoms with E-state index in [0.29, 0.717) is 28.5 Å². The highest BCUT2D eigenvalue weighted by atomic mass is 32.2. The molecule has 1 N–H and O–H groups in total. The van der Waals surface area contributed by atoms with Gasteiger partial charge >= 0.3 is 5.97 Å². The standard InChI is InChI=1S/C31H27N5O4S/c1-3-40-30(37)20-36(41(38,39)29-8-4-6-23-7-5-15-33-31(23)29)26-14-11-24-16-21(2)28(35-27(24)17-26)19-34-25-12-9-22(18-32)10-13-25/h4-17,34H,3,19-20H2,1-2H3. The van der Waals surface area contributed by atoms with Gasteiger partial charge in [-0.3, -0.25) is 19.1 Å². The van der Waals surface area contributed by atoms with E-state index >= 15 is 0 Å². The summed E-state index contributed by atoms with van der Waals surface area (Å²) in [5, 5.41) is 13.8. The molecule has 0 radical (unpaired) electrons. The zero-order valence-corrected chi connectivity index (χ0v) is 23.4. The summed E-state index contributed by atoms with van der Waals surface area (Å²) in [6, 6.07) is 24.8. The van der Waals surface area contributed by atoms with E-state index in [1.807, 2.05) is 25.1 Å². The Hall–Kier alpha value is -5.01. The maximum atomic E-state index is 14.1. The Morgan fingerprint density at radius 3 is 2.56 bits per heavy atom. The summed E-state index contributed by atoms with van der Waals surface area (Å²) in [4.78, 5) is 21.7. The van der Waals surface area contributed by atoms with E-state index in [2.05, 4.69) is 16.4 Å². The van der Waals surface area contributed by atoms with Crippen LogP contribution in [0.25, 0.3) is 21.8 Å². The van der Waals surface area contributed by atoms with Crippen molar-refractivity contribution in [3.63, 3.8) is 0 Å². The van der Waals surface area contributed by atoms with E-state index in [0.717, 1.165) is 26.6 Å². The lowest BCUT2D eigenvalue weighted by molar-refractivity contribution is -0.141. The first-order valence-electron chi connectivity index (χ1n) is 13.0. The number of para-hydroxylation sites is 1. The maximum absolute atomic E-state index is 14.1. The topological polar surface area (TPSA) is 125 Å². The number of aromatic nitrogens is 2. The van der Waals surface area contributed by atoms with Gasteiger partial charge in [-0.15, -0.1) is 0 Å². The molecule has 0 atom stereocenters. The van der Waals surface area contributed by atoms with Crippen LogP contribution in [-0.4, -0.2) is 37.5 Å². The third-order valence-corrected chi connectivity index (χ3v) is 8.41. The van der Waals surface area contributed by atoms with Gasteiger partial charge in [-0.2, -0.15) is 5.26 Å². The largest absolute Gasteiger partial charge is 0.465 e. The fraction of sp³-hybridized carbons (Fsp3) is 0.161. The van der Waals surface area contributed by atoms with Crippen LogP contribution in [-0.2, 0) is 26.1 Å². The Morgan fingerprint density at radius 1 is 1.02 bits per heavy atom. The van der Waals surface area contributed by atoms with Gasteiger partial charge in [0.15, 0.2) is 0 Å². The number of rotatable bonds is 9. The quantitative estimate of drug-likeness (QED) is 0.238. The summed E-state index contributed by atoms with van der Waals surface area (Å²) in [7, 11) is -4.23. The molecule has 3 aromatic carbocycles. The molecule has 0 bridgehead atoms. The van der Waals surface area contributed by atoms with Crippen LogP contribution in [0.15, 0.2) is 90.0 Å². The molecular formula is C31H27N5O4S. The van der Waals surface area contributed by atoms with E-state index in [1.54, 1.807) is 61.5 Å². The van der Waals surface area contributed by atoms with Crippen LogP contribution < -0.4 is 9.62 Å². The Labute approximate surface area is 238 Å². The van der Waals surface area contributed by atoms with E-state index in [-0.39, 0.29) is 17.2 Å². The Balaban J connectivity index is 1.54. The van der Waals surface area contributed by atoms with Gasteiger partial charge in [-0.1, -0.05) is 24.3 Å². The van der Waals surface area contributed by atoms with Crippen molar-refractivity contribution in [1.29, 1.82) is 5.26 Å². The van der Waals surface area contributed by atoms with Crippen LogP contribution >= 0.6 is 0 Å². The van der Waals surface area contributed by atoms with Crippen LogP contribution in [0, 0.1) is 18.3 Å². The van der Waals surface area contributed by atoms with Crippen LogP contribution in [0.2, 0.25) is 0 Å². The van der Waals surface area contributed by atoms with E-state index in [9.17, 15) is 13.2 Å². The molecule has 2 aromatic heterocycles. The molecule has 0 fully saturated rings. The minimum Gasteiger partial charge on any atom is -0.465 e. The second-order valence-electron chi connectivity index (χ2n) is 9.32. The van der Waals surface area contributed by atoms with Gasteiger partial charge in [0.2, 0.25) is 0 Å². The Bertz CT molecular complexity index is 1900. The van der Waals surface area contributed by atoms with Crippen molar-refractivity contribution in [2.24, 2.45) is 0 Å². The smallest absolute Gasteiger partial charge is 0.326 e. The lowest BCUT2D eigenvalue weighted by Gasteiger charge is -2.24. The zero-order chi connectivity index (χ0) is 29.0. The second kappa shape index (κ2) is 11.6. The average Bonchev–Trinajstić information content (AvgIpc) is 2.98. The van der Waals surface area contributed by atoms with Gasteiger partial charge in [0.05, 0.1) is 47.2 Å². The molecule has 2 heterocycles. The Kier molecular flexibility index (Phi) is 7.81. The molecule has 41 heavy (non-hydrogen) atoms. The number of ether oxygens (including phenoxy) is 1. The number of fused-ring (bicyclic) bond motifs is 2. The molecule has 0 amide bonds. The molecule has 0 aliphatic carbocycles. The van der Waals surface area contributed by atoms with Crippen molar-refractivity contribution in [2.45, 2.75) is 25.3 Å². The number of sulfonamides is 1. The summed E-state index contributed by atoms with van der Waals surface area (Å²) in [5.41, 5.74) is 4.32. The molecule has 5 aromatic rings. The van der Waals surface area contributed by atoms with Crippen molar-refractivity contribution in [3.05, 3.63) is 102 Å². The number of nitrogens with one attached hydrogen (secondary N) is 1. The number of anilines is 2. The molecule has 9 nitrogen and oxygen atoms in total. The summed E-state index contributed by atoms with van der Waals surface area (Å²) >= 11 is 0. The highest BCUT2D eigenvalue weighted by Gasteiger charge is 2.30. The fourth-order valence-electron chi connectivity index (χ4n) is 4.53. The number of benzene rings is 3. The van der Waals surface area contributed by atoms with Crippen LogP contribution in [0.3, 0.4) is 0 Å². The Morgan fingerprint density at radius 2 is 1.80 bits per heavy atom. The summed E-state index contributed by atoms with van der Waals surface area (Å²) < 4.78 is 34.3. The number of esters is 1. The first-order valence-corrected chi connectivity index (χ1v) is 14.4. The third kappa shape index (κ3) is 5.81. The number of carbonyl (C=O) groups is 1. The number of nitrogens with zero attached hydrogens (tertiary/aromatic N) is 4. The first-order chi connectivity index (χ1) is 19.8. The van der Waals surface area contributed by atoms with Crippen molar-refractivity contribution in [3.8, 4) is 6.07 Å². The number of hydrogen-bond acceptors (Lipinski definition) is 8. The van der Waals surface area contributed by atoms with Gasteiger partial charge in [-0.05, 0) is 74.0 Å². The molecule has 5 rings (SSSR count). The SMILES string of the molecule is CCOC(=O)CN(c1ccc2cc(C)c(CNc3ccc(C#N)cc3)nc2c1)S(=O)(=O)c1cccc2cccnc12. The molecule has 0 saturated carbocycles. The number of carbonyl (C=O) groups excluding carboxylic acids is 1. The lowest BCUT2D eigenvalue weighted by Crippen LogP contribution is -2.36. The molecule has 0 saturated heterocycles. The highest BCUT2D eigenvalue weighted by Crippen LogP contribution is 2.30. The lowest BCUT2D eigenvalue weighted by atomic mass is 10.1. The molecular weight excluding hydrogens is 538 g/mol. The molecule has 0 spiro atoms. The van der Waals surface area contributed by atoms with Gasteiger partial charge in [0, 0.05) is 22.7 Å². The fourth-order valence-corrected chi connectivity index (χ4v) is 6.09. The van der Waals surface area contributed by atoms with Crippen LogP contribution in [0.4, 0.5) is 11.4 Å². The first kappa shape index (κ1) is 27.6. The summed E-state index contributed by atoms with van der Waals surface area (Å²) in [6.45, 7) is 3.66. The number of nitriles is 1. The monoisotopic (exact) mass is 565 g/mol. The van der Waals surface area contributed by atoms with Gasteiger partial charge in [0.25, 0.3) is 10.0 Å². The molecule has 10 heteroatoms. The van der Waals surface area contributed by atoms with Gasteiger partial charge in [-0.25, -0.2) is 8.42 Å². The third-order valence-electron chi connectivity index (χ3n) is 6.60. The molecule has 0 aliphatic heterocycles. The van der Waals surface area contributed by atoms with Crippen molar-refractivity contribution < 1.29 is 17.9 Å². The maximum Gasteiger partial charge on any atom is 0.326 e. The van der Waals surface area contributed by atoms with Crippen molar-refractivity contribution >= 4 is 49.2 Å². The zero-order valence-electron chi connectivity index (χ0n) is 22.5. The highest BCUT2D eigenvalue weighted by molar-refractivity contribution is 7.93. The van der Waals surface area contributed by atoms with E-state index in [1.165, 1.54) is 12.3 Å².